The maximum atomic E-state index is 5.31. The number of pyridine rings is 1. The first kappa shape index (κ1) is 18.8. The molecule has 0 unspecified atom stereocenters. The number of aryl methyl sites for hydroxylation is 2. The predicted octanol–water partition coefficient (Wildman–Crippen LogP) is 4.97. The van der Waals surface area contributed by atoms with Gasteiger partial charge in [-0.15, -0.1) is 0 Å². The van der Waals surface area contributed by atoms with Crippen LogP contribution in [0.25, 0.3) is 32.2 Å². The van der Waals surface area contributed by atoms with Crippen molar-refractivity contribution in [3.8, 4) is 16.9 Å². The molecule has 2 heterocycles. The molecule has 2 aromatic heterocycles. The number of hydrogen-bond donors (Lipinski definition) is 0. The van der Waals surface area contributed by atoms with E-state index in [-0.39, 0.29) is 0 Å². The molecule has 0 fully saturated rings. The first-order chi connectivity index (χ1) is 14.6. The number of hydrogen-bond acceptors (Lipinski definition) is 2. The number of para-hydroxylation sites is 1. The van der Waals surface area contributed by atoms with Gasteiger partial charge in [0.15, 0.2) is 6.20 Å². The van der Waals surface area contributed by atoms with Crippen LogP contribution in [0.4, 0.5) is 0 Å². The van der Waals surface area contributed by atoms with Crippen molar-refractivity contribution in [3.63, 3.8) is 0 Å². The minimum Gasteiger partial charge on any atom is -0.497 e. The second-order valence-corrected chi connectivity index (χ2v) is 8.73. The van der Waals surface area contributed by atoms with Crippen LogP contribution < -0.4 is 13.9 Å². The average Bonchev–Trinajstić information content (AvgIpc) is 3.11. The molecule has 0 radical (unpaired) electrons. The van der Waals surface area contributed by atoms with Crippen LogP contribution in [-0.2, 0) is 20.5 Å². The molecule has 30 heavy (non-hydrogen) atoms. The van der Waals surface area contributed by atoms with Crippen molar-refractivity contribution in [2.75, 3.05) is 7.11 Å². The highest BCUT2D eigenvalue weighted by molar-refractivity contribution is 7.18. The summed E-state index contributed by atoms with van der Waals surface area (Å²) in [5.41, 5.74) is 6.30. The lowest BCUT2D eigenvalue weighted by Gasteiger charge is -2.07. The van der Waals surface area contributed by atoms with Gasteiger partial charge in [0.1, 0.15) is 24.5 Å². The number of rotatable bonds is 4. The fourth-order valence-corrected chi connectivity index (χ4v) is 5.23. The molecule has 0 saturated carbocycles. The minimum absolute atomic E-state index is 0.879. The fraction of sp³-hybridized carbons (Fsp3) is 0.154. The summed E-state index contributed by atoms with van der Waals surface area (Å²) in [5.74, 6) is 0.879. The van der Waals surface area contributed by atoms with E-state index >= 15 is 0 Å². The molecule has 0 saturated heterocycles. The van der Waals surface area contributed by atoms with Crippen LogP contribution in [0.3, 0.4) is 0 Å². The van der Waals surface area contributed by atoms with Crippen LogP contribution in [0.2, 0.25) is 0 Å². The molecule has 3 nitrogen and oxygen atoms in total. The van der Waals surface area contributed by atoms with Gasteiger partial charge in [0.25, 0.3) is 0 Å². The molecular formula is C26H24N2OS+2. The van der Waals surface area contributed by atoms with E-state index in [1.54, 1.807) is 7.11 Å². The van der Waals surface area contributed by atoms with E-state index < -0.39 is 0 Å². The maximum absolute atomic E-state index is 5.31. The summed E-state index contributed by atoms with van der Waals surface area (Å²) >= 11 is 1.88. The molecular weight excluding hydrogens is 388 g/mol. The highest BCUT2D eigenvalue weighted by Crippen LogP contribution is 2.29. The Morgan fingerprint density at radius 3 is 2.37 bits per heavy atom. The number of nitrogens with zero attached hydrogens (tertiary/aromatic N) is 2. The quantitative estimate of drug-likeness (QED) is 0.381. The van der Waals surface area contributed by atoms with Gasteiger partial charge in [0.2, 0.25) is 16.0 Å². The monoisotopic (exact) mass is 412 g/mol. The summed E-state index contributed by atoms with van der Waals surface area (Å²) in [6.45, 7) is 0. The Morgan fingerprint density at radius 2 is 1.60 bits per heavy atom. The summed E-state index contributed by atoms with van der Waals surface area (Å²) < 4.78 is 11.2. The number of benzene rings is 3. The van der Waals surface area contributed by atoms with E-state index in [2.05, 4.69) is 90.1 Å². The van der Waals surface area contributed by atoms with Crippen molar-refractivity contribution in [2.45, 2.75) is 6.42 Å². The van der Waals surface area contributed by atoms with Crippen molar-refractivity contribution >= 4 is 32.5 Å². The highest BCUT2D eigenvalue weighted by atomic mass is 32.1. The summed E-state index contributed by atoms with van der Waals surface area (Å²) in [5, 5.41) is 2.66. The number of methoxy groups -OCH3 is 1. The van der Waals surface area contributed by atoms with Crippen molar-refractivity contribution in [1.29, 1.82) is 0 Å². The van der Waals surface area contributed by atoms with Crippen LogP contribution >= 0.6 is 11.3 Å². The maximum Gasteiger partial charge on any atom is 0.242 e. The van der Waals surface area contributed by atoms with E-state index in [0.717, 1.165) is 12.2 Å². The van der Waals surface area contributed by atoms with E-state index in [1.807, 2.05) is 23.5 Å². The molecule has 4 heteroatoms. The number of ether oxygens (including phenoxy) is 1. The van der Waals surface area contributed by atoms with Gasteiger partial charge in [0.05, 0.1) is 18.9 Å². The first-order valence-corrected chi connectivity index (χ1v) is 10.9. The second-order valence-electron chi connectivity index (χ2n) is 7.61. The Bertz CT molecular complexity index is 1370. The molecule has 0 aliphatic carbocycles. The summed E-state index contributed by atoms with van der Waals surface area (Å²) in [6.07, 6.45) is 3.08. The van der Waals surface area contributed by atoms with Gasteiger partial charge in [-0.25, -0.2) is 4.57 Å². The standard InChI is InChI=1S/C26H24N2OS/c1-27-15-14-20(17-26-28(2)24-6-4-5-7-25(24)30-26)22-16-19(10-13-23(22)27)18-8-11-21(29-3)12-9-18/h4-16H,17H2,1-3H3/q+2. The number of thiazole rings is 1. The van der Waals surface area contributed by atoms with Crippen molar-refractivity contribution in [2.24, 2.45) is 14.1 Å². The van der Waals surface area contributed by atoms with Gasteiger partial charge >= 0.3 is 0 Å². The zero-order valence-electron chi connectivity index (χ0n) is 17.4. The SMILES string of the molecule is COc1ccc(-c2ccc3c(c2)c(Cc2sc4ccccc4[n+]2C)cc[n+]3C)cc1. The fourth-order valence-electron chi connectivity index (χ4n) is 4.06. The smallest absolute Gasteiger partial charge is 0.242 e. The predicted molar refractivity (Wildman–Crippen MR) is 123 cm³/mol. The highest BCUT2D eigenvalue weighted by Gasteiger charge is 2.20. The molecule has 0 spiro atoms. The normalized spacial score (nSPS) is 11.3. The van der Waals surface area contributed by atoms with Gasteiger partial charge in [-0.05, 0) is 47.0 Å². The lowest BCUT2D eigenvalue weighted by atomic mass is 9.99. The van der Waals surface area contributed by atoms with Crippen LogP contribution in [0.1, 0.15) is 10.6 Å². The van der Waals surface area contributed by atoms with Crippen LogP contribution in [0.5, 0.6) is 5.75 Å². The molecule has 3 aromatic carbocycles. The van der Waals surface area contributed by atoms with E-state index in [1.165, 1.54) is 42.8 Å². The van der Waals surface area contributed by atoms with Gasteiger partial charge in [-0.2, -0.15) is 4.57 Å². The molecule has 0 aliphatic rings. The Kier molecular flexibility index (Phi) is 4.72. The largest absolute Gasteiger partial charge is 0.497 e. The van der Waals surface area contributed by atoms with Crippen molar-refractivity contribution in [1.82, 2.24) is 0 Å². The molecule has 0 aliphatic heterocycles. The van der Waals surface area contributed by atoms with Crippen molar-refractivity contribution < 1.29 is 13.9 Å². The molecule has 0 atom stereocenters. The van der Waals surface area contributed by atoms with E-state index in [4.69, 9.17) is 4.74 Å². The van der Waals surface area contributed by atoms with Gasteiger partial charge in [-0.1, -0.05) is 35.6 Å². The molecule has 5 rings (SSSR count). The Balaban J connectivity index is 1.62. The third-order valence-corrected chi connectivity index (χ3v) is 7.03. The number of fused-ring (bicyclic) bond motifs is 2. The van der Waals surface area contributed by atoms with Gasteiger partial charge in [0, 0.05) is 18.2 Å². The zero-order chi connectivity index (χ0) is 20.7. The third kappa shape index (κ3) is 3.23. The third-order valence-electron chi connectivity index (χ3n) is 5.82. The molecule has 0 bridgehead atoms. The lowest BCUT2D eigenvalue weighted by molar-refractivity contribution is -0.647. The van der Waals surface area contributed by atoms with Gasteiger partial charge in [-0.3, -0.25) is 0 Å². The Morgan fingerprint density at radius 1 is 0.833 bits per heavy atom. The number of aromatic nitrogens is 2. The zero-order valence-corrected chi connectivity index (χ0v) is 18.2. The van der Waals surface area contributed by atoms with E-state index in [9.17, 15) is 0 Å². The topological polar surface area (TPSA) is 17.0 Å². The second kappa shape index (κ2) is 7.54. The van der Waals surface area contributed by atoms with Crippen LogP contribution in [-0.4, -0.2) is 7.11 Å². The Hall–Kier alpha value is -3.24. The summed E-state index contributed by atoms with van der Waals surface area (Å²) in [7, 11) is 5.98. The molecule has 5 aromatic rings. The van der Waals surface area contributed by atoms with Crippen LogP contribution in [0, 0.1) is 0 Å². The minimum atomic E-state index is 0.879. The van der Waals surface area contributed by atoms with Gasteiger partial charge < -0.3 is 4.74 Å². The first-order valence-electron chi connectivity index (χ1n) is 10.1. The summed E-state index contributed by atoms with van der Waals surface area (Å²) in [4.78, 5) is 0. The Labute approximate surface area is 180 Å². The molecule has 0 amide bonds. The van der Waals surface area contributed by atoms with Crippen molar-refractivity contribution in [3.05, 3.63) is 89.6 Å². The lowest BCUT2D eigenvalue weighted by Crippen LogP contribution is -2.31. The molecule has 148 valence electrons. The average molecular weight is 413 g/mol. The van der Waals surface area contributed by atoms with Crippen LogP contribution in [0.15, 0.2) is 79.0 Å². The molecule has 0 N–H and O–H groups in total. The van der Waals surface area contributed by atoms with E-state index in [0.29, 0.717) is 0 Å². The summed E-state index contributed by atoms with van der Waals surface area (Å²) in [6, 6.07) is 25.9.